The number of thiophene rings is 1. The van der Waals surface area contributed by atoms with Crippen LogP contribution >= 0.6 is 11.3 Å². The predicted octanol–water partition coefficient (Wildman–Crippen LogP) is 12.2. The van der Waals surface area contributed by atoms with E-state index in [0.717, 1.165) is 57.4 Å². The van der Waals surface area contributed by atoms with Crippen molar-refractivity contribution in [1.29, 1.82) is 0 Å². The van der Waals surface area contributed by atoms with Crippen LogP contribution in [0.25, 0.3) is 61.1 Å². The summed E-state index contributed by atoms with van der Waals surface area (Å²) in [7, 11) is 0. The second-order valence-electron chi connectivity index (χ2n) is 14.7. The maximum absolute atomic E-state index is 6.67. The molecule has 0 spiro atoms. The van der Waals surface area contributed by atoms with Crippen LogP contribution in [0.3, 0.4) is 0 Å². The molecule has 3 aromatic heterocycles. The summed E-state index contributed by atoms with van der Waals surface area (Å²) in [5, 5.41) is 2.51. The average molecular weight is 757 g/mol. The largest absolute Gasteiger partial charge is 0.456 e. The lowest BCUT2D eigenvalue weighted by Gasteiger charge is -2.23. The fourth-order valence-electron chi connectivity index (χ4n) is 8.31. The molecule has 2 unspecified atom stereocenters. The lowest BCUT2D eigenvalue weighted by atomic mass is 9.82. The molecule has 3 heterocycles. The molecule has 5 aromatic carbocycles. The van der Waals surface area contributed by atoms with Crippen LogP contribution in [0.4, 0.5) is 0 Å². The van der Waals surface area contributed by atoms with Gasteiger partial charge in [-0.3, -0.25) is 0 Å². The maximum atomic E-state index is 6.67. The van der Waals surface area contributed by atoms with Crippen molar-refractivity contribution in [2.24, 2.45) is 5.73 Å². The third-order valence-corrected chi connectivity index (χ3v) is 12.5. The van der Waals surface area contributed by atoms with Gasteiger partial charge < -0.3 is 10.2 Å². The van der Waals surface area contributed by atoms with E-state index in [9.17, 15) is 0 Å². The van der Waals surface area contributed by atoms with Crippen LogP contribution in [0.1, 0.15) is 63.0 Å². The van der Waals surface area contributed by atoms with Gasteiger partial charge in [-0.15, -0.1) is 11.3 Å². The van der Waals surface area contributed by atoms with Crippen molar-refractivity contribution in [3.63, 3.8) is 0 Å². The number of nitrogens with two attached hydrogens (primary N) is 1. The van der Waals surface area contributed by atoms with Crippen LogP contribution in [-0.4, -0.2) is 21.5 Å². The molecule has 0 fully saturated rings. The molecular weight excluding hydrogens is 717 g/mol. The molecule has 2 aliphatic carbocycles. The lowest BCUT2D eigenvalue weighted by molar-refractivity contribution is 0.585. The number of hydrogen-bond donors (Lipinski definition) is 1. The van der Waals surface area contributed by atoms with Crippen molar-refractivity contribution in [3.05, 3.63) is 202 Å². The normalized spacial score (nSPS) is 16.6. The number of aromatic nitrogens is 3. The van der Waals surface area contributed by atoms with Gasteiger partial charge in [0.15, 0.2) is 17.5 Å². The number of para-hydroxylation sites is 1. The average Bonchev–Trinajstić information content (AvgIpc) is 3.85. The molecule has 0 bridgehead atoms. The van der Waals surface area contributed by atoms with Crippen molar-refractivity contribution in [3.8, 4) is 22.8 Å². The molecule has 10 rings (SSSR count). The zero-order chi connectivity index (χ0) is 38.3. The summed E-state index contributed by atoms with van der Waals surface area (Å²) >= 11 is 1.89. The monoisotopic (exact) mass is 756 g/mol. The highest BCUT2D eigenvalue weighted by Gasteiger charge is 2.30. The summed E-state index contributed by atoms with van der Waals surface area (Å²) in [5.74, 6) is 3.06. The third kappa shape index (κ3) is 6.57. The number of rotatable bonds is 8. The number of furan rings is 1. The van der Waals surface area contributed by atoms with Gasteiger partial charge in [0.1, 0.15) is 11.3 Å². The minimum absolute atomic E-state index is 0.0928. The van der Waals surface area contributed by atoms with E-state index < -0.39 is 0 Å². The van der Waals surface area contributed by atoms with Crippen LogP contribution in [-0.2, 0) is 12.8 Å². The predicted molar refractivity (Wildman–Crippen MR) is 236 cm³/mol. The standard InChI is InChI=1S/C51H40N4OS/c1-2-3-11-38(31-52)33-22-24-36(25-23-33)50-53-49(35-12-5-4-6-13-35)54-51(55-50)44-30-39(29-43-40-14-7-9-16-45(40)56-48(43)44)34-20-18-32(19-21-34)37-26-27-47-42(28-37)41-15-8-10-17-46(41)57-47/h2-27,30,37,39H,28-29,31,52H2,1H3/b3-2-,38-11+. The Morgan fingerprint density at radius 3 is 2.11 bits per heavy atom. The maximum Gasteiger partial charge on any atom is 0.167 e. The summed E-state index contributed by atoms with van der Waals surface area (Å²) in [4.78, 5) is 16.8. The summed E-state index contributed by atoms with van der Waals surface area (Å²) in [6.07, 6.45) is 14.9. The van der Waals surface area contributed by atoms with Crippen LogP contribution in [0.5, 0.6) is 0 Å². The Bertz CT molecular complexity index is 2890. The van der Waals surface area contributed by atoms with Gasteiger partial charge in [-0.1, -0.05) is 146 Å². The van der Waals surface area contributed by atoms with Crippen LogP contribution in [0.15, 0.2) is 162 Å². The minimum atomic E-state index is 0.0928. The van der Waals surface area contributed by atoms with Crippen LogP contribution < -0.4 is 5.73 Å². The van der Waals surface area contributed by atoms with Crippen molar-refractivity contribution < 1.29 is 4.42 Å². The van der Waals surface area contributed by atoms with Crippen molar-refractivity contribution in [2.75, 3.05) is 6.54 Å². The molecule has 5 nitrogen and oxygen atoms in total. The van der Waals surface area contributed by atoms with Gasteiger partial charge in [-0.25, -0.2) is 15.0 Å². The van der Waals surface area contributed by atoms with Crippen molar-refractivity contribution in [2.45, 2.75) is 31.6 Å². The molecule has 0 saturated carbocycles. The molecule has 0 aliphatic heterocycles. The lowest BCUT2D eigenvalue weighted by Crippen LogP contribution is -2.12. The van der Waals surface area contributed by atoms with Gasteiger partial charge in [0, 0.05) is 50.0 Å². The number of hydrogen-bond acceptors (Lipinski definition) is 6. The Kier molecular flexibility index (Phi) is 9.13. The molecule has 0 saturated heterocycles. The molecule has 6 heteroatoms. The second kappa shape index (κ2) is 14.9. The first-order valence-electron chi connectivity index (χ1n) is 19.6. The Labute approximate surface area is 336 Å². The number of fused-ring (bicyclic) bond motifs is 6. The molecule has 2 N–H and O–H groups in total. The summed E-state index contributed by atoms with van der Waals surface area (Å²) < 4.78 is 8.03. The molecule has 57 heavy (non-hydrogen) atoms. The zero-order valence-electron chi connectivity index (χ0n) is 31.6. The van der Waals surface area contributed by atoms with Crippen molar-refractivity contribution in [1.82, 2.24) is 15.0 Å². The van der Waals surface area contributed by atoms with Crippen molar-refractivity contribution >= 4 is 49.6 Å². The number of allylic oxidation sites excluding steroid dienone is 5. The number of benzene rings is 5. The highest BCUT2D eigenvalue weighted by atomic mass is 32.1. The van der Waals surface area contributed by atoms with Gasteiger partial charge >= 0.3 is 0 Å². The quantitative estimate of drug-likeness (QED) is 0.156. The van der Waals surface area contributed by atoms with E-state index in [0.29, 0.717) is 29.9 Å². The topological polar surface area (TPSA) is 77.8 Å². The molecular formula is C51H40N4OS. The Balaban J connectivity index is 1.05. The Hall–Kier alpha value is -6.47. The Morgan fingerprint density at radius 1 is 0.702 bits per heavy atom. The van der Waals surface area contributed by atoms with E-state index in [1.54, 1.807) is 0 Å². The second-order valence-corrected chi connectivity index (χ2v) is 15.8. The van der Waals surface area contributed by atoms with Gasteiger partial charge in [-0.05, 0) is 71.2 Å². The molecule has 0 radical (unpaired) electrons. The van der Waals surface area contributed by atoms with Gasteiger partial charge in [0.05, 0.1) is 5.57 Å². The van der Waals surface area contributed by atoms with E-state index in [1.807, 2.05) is 72.9 Å². The molecule has 2 aliphatic rings. The van der Waals surface area contributed by atoms with E-state index >= 15 is 0 Å². The van der Waals surface area contributed by atoms with Crippen LogP contribution in [0, 0.1) is 0 Å². The van der Waals surface area contributed by atoms with E-state index in [4.69, 9.17) is 25.1 Å². The van der Waals surface area contributed by atoms with E-state index in [1.165, 1.54) is 37.2 Å². The third-order valence-electron chi connectivity index (χ3n) is 11.3. The summed E-state index contributed by atoms with van der Waals surface area (Å²) in [5.41, 5.74) is 17.0. The first-order valence-corrected chi connectivity index (χ1v) is 20.4. The van der Waals surface area contributed by atoms with E-state index in [-0.39, 0.29) is 5.92 Å². The minimum Gasteiger partial charge on any atom is -0.456 e. The summed E-state index contributed by atoms with van der Waals surface area (Å²) in [6.45, 7) is 2.45. The smallest absolute Gasteiger partial charge is 0.167 e. The molecule has 2 atom stereocenters. The fraction of sp³-hybridized carbons (Fsp3) is 0.118. The first-order chi connectivity index (χ1) is 28.1. The first kappa shape index (κ1) is 35.0. The zero-order valence-corrected chi connectivity index (χ0v) is 32.4. The molecule has 276 valence electrons. The highest BCUT2D eigenvalue weighted by molar-refractivity contribution is 7.20. The van der Waals surface area contributed by atoms with E-state index in [2.05, 4.69) is 109 Å². The van der Waals surface area contributed by atoms with Crippen LogP contribution in [0.2, 0.25) is 0 Å². The van der Waals surface area contributed by atoms with Gasteiger partial charge in [-0.2, -0.15) is 0 Å². The van der Waals surface area contributed by atoms with Gasteiger partial charge in [0.2, 0.25) is 0 Å². The van der Waals surface area contributed by atoms with Gasteiger partial charge in [0.25, 0.3) is 0 Å². The highest BCUT2D eigenvalue weighted by Crippen LogP contribution is 2.44. The number of nitrogens with zero attached hydrogens (tertiary/aromatic N) is 3. The Morgan fingerprint density at radius 2 is 1.35 bits per heavy atom. The fourth-order valence-corrected chi connectivity index (χ4v) is 9.46. The molecule has 0 amide bonds. The summed E-state index contributed by atoms with van der Waals surface area (Å²) in [6, 6.07) is 44.8. The molecule has 8 aromatic rings. The SMILES string of the molecule is C/C=C\C=C(/CN)c1ccc(-c2nc(C3=CC(c4ccc(C5C=Cc6sc7ccccc7c6C5)cc4)Cc4c3oc3ccccc43)nc(-c3ccccc3)n2)cc1.